The summed E-state index contributed by atoms with van der Waals surface area (Å²) in [4.78, 5) is 31.8. The van der Waals surface area contributed by atoms with E-state index >= 15 is 0 Å². The molecule has 0 fully saturated rings. The van der Waals surface area contributed by atoms with Gasteiger partial charge in [0.1, 0.15) is 36.1 Å². The van der Waals surface area contributed by atoms with Crippen LogP contribution in [0, 0.1) is 27.6 Å². The van der Waals surface area contributed by atoms with Gasteiger partial charge in [-0.1, -0.05) is 12.1 Å². The first kappa shape index (κ1) is 21.3. The molecule has 0 radical (unpaired) electrons. The summed E-state index contributed by atoms with van der Waals surface area (Å²) in [5, 5.41) is 15.6. The lowest BCUT2D eigenvalue weighted by Gasteiger charge is -2.28. The van der Waals surface area contributed by atoms with Crippen LogP contribution >= 0.6 is 0 Å². The third-order valence-electron chi connectivity index (χ3n) is 5.37. The lowest BCUT2D eigenvalue weighted by atomic mass is 9.77. The molecule has 2 aromatic carbocycles. The van der Waals surface area contributed by atoms with E-state index in [9.17, 15) is 28.1 Å². The van der Waals surface area contributed by atoms with E-state index in [0.29, 0.717) is 11.6 Å². The molecular formula is C21H16F3N5O3. The van der Waals surface area contributed by atoms with Crippen LogP contribution in [0.15, 0.2) is 47.7 Å². The van der Waals surface area contributed by atoms with Gasteiger partial charge < -0.3 is 0 Å². The summed E-state index contributed by atoms with van der Waals surface area (Å²) in [5.74, 6) is -4.81. The van der Waals surface area contributed by atoms with Gasteiger partial charge in [-0.2, -0.15) is 5.10 Å². The van der Waals surface area contributed by atoms with Gasteiger partial charge in [-0.15, -0.1) is 0 Å². The van der Waals surface area contributed by atoms with Crippen molar-refractivity contribution in [1.82, 2.24) is 14.8 Å². The molecule has 2 atom stereocenters. The molecule has 164 valence electrons. The van der Waals surface area contributed by atoms with Crippen LogP contribution in [0.4, 0.5) is 13.2 Å². The summed E-state index contributed by atoms with van der Waals surface area (Å²) < 4.78 is 43.7. The molecule has 0 spiro atoms. The van der Waals surface area contributed by atoms with Crippen molar-refractivity contribution in [3.8, 4) is 0 Å². The number of rotatable bonds is 6. The molecular weight excluding hydrogens is 427 g/mol. The Hall–Kier alpha value is -3.89. The molecule has 0 saturated heterocycles. The van der Waals surface area contributed by atoms with Crippen molar-refractivity contribution >= 4 is 11.5 Å². The number of carbonyl (C=O) groups is 1. The Morgan fingerprint density at radius 2 is 1.88 bits per heavy atom. The van der Waals surface area contributed by atoms with E-state index in [0.717, 1.165) is 18.2 Å². The van der Waals surface area contributed by atoms with Gasteiger partial charge in [0.25, 0.3) is 0 Å². The third kappa shape index (κ3) is 3.88. The van der Waals surface area contributed by atoms with E-state index in [1.807, 2.05) is 0 Å². The average Bonchev–Trinajstić information content (AvgIpc) is 3.15. The number of aliphatic imine (C=N–C) groups is 1. The maximum absolute atomic E-state index is 14.9. The number of Topliss-reactive ketones (excluding diaryl/α,β-unsaturated/α-hetero) is 1. The molecule has 0 saturated carbocycles. The number of hydrogen-bond acceptors (Lipinski definition) is 6. The summed E-state index contributed by atoms with van der Waals surface area (Å²) >= 11 is 0. The molecule has 1 aliphatic rings. The Morgan fingerprint density at radius 3 is 2.50 bits per heavy atom. The van der Waals surface area contributed by atoms with Crippen molar-refractivity contribution in [2.75, 3.05) is 13.1 Å². The highest BCUT2D eigenvalue weighted by atomic mass is 19.1. The fourth-order valence-electron chi connectivity index (χ4n) is 3.98. The topological polar surface area (TPSA) is 103 Å². The van der Waals surface area contributed by atoms with Gasteiger partial charge in [-0.3, -0.25) is 24.6 Å². The molecule has 2 heterocycles. The van der Waals surface area contributed by atoms with E-state index in [1.165, 1.54) is 23.1 Å². The van der Waals surface area contributed by atoms with Gasteiger partial charge in [0.15, 0.2) is 5.78 Å². The predicted octanol–water partition coefficient (Wildman–Crippen LogP) is 3.06. The zero-order chi connectivity index (χ0) is 23.0. The molecule has 11 heteroatoms. The van der Waals surface area contributed by atoms with Crippen LogP contribution in [0.25, 0.3) is 0 Å². The van der Waals surface area contributed by atoms with Crippen LogP contribution in [0.5, 0.6) is 0 Å². The number of aromatic nitrogens is 3. The summed E-state index contributed by atoms with van der Waals surface area (Å²) in [6.07, 6.45) is 1.23. The second-order valence-electron chi connectivity index (χ2n) is 7.33. The highest BCUT2D eigenvalue weighted by Gasteiger charge is 2.40. The average molecular weight is 443 g/mol. The minimum Gasteiger partial charge on any atom is -0.292 e. The Bertz CT molecular complexity index is 1240. The minimum absolute atomic E-state index is 0.0179. The van der Waals surface area contributed by atoms with Gasteiger partial charge >= 0.3 is 0 Å². The zero-order valence-electron chi connectivity index (χ0n) is 16.7. The second-order valence-corrected chi connectivity index (χ2v) is 7.33. The molecule has 1 aliphatic heterocycles. The van der Waals surface area contributed by atoms with E-state index in [1.54, 1.807) is 7.05 Å². The zero-order valence-corrected chi connectivity index (χ0v) is 16.7. The van der Waals surface area contributed by atoms with E-state index < -0.39 is 46.5 Å². The van der Waals surface area contributed by atoms with Gasteiger partial charge in [-0.05, 0) is 23.8 Å². The highest BCUT2D eigenvalue weighted by Crippen LogP contribution is 2.38. The number of nitro groups is 1. The number of nitrogens with zero attached hydrogens (tertiary/aromatic N) is 5. The van der Waals surface area contributed by atoms with E-state index in [2.05, 4.69) is 15.1 Å². The first-order valence-corrected chi connectivity index (χ1v) is 9.54. The first-order valence-electron chi connectivity index (χ1n) is 9.54. The van der Waals surface area contributed by atoms with Crippen LogP contribution in [0.3, 0.4) is 0 Å². The highest BCUT2D eigenvalue weighted by molar-refractivity contribution is 6.17. The standard InChI is InChI=1S/C21H16F3N5O3/c1-28-21(26-10-27-28)19(15(9-29(31)32)11-2-4-12(22)5-3-11)20-18-14(17(30)8-25-20)6-13(23)7-16(18)24/h2-7,10,15,19H,8-9H2,1H3. The molecule has 1 aromatic heterocycles. The number of carbonyl (C=O) groups excluding carboxylic acids is 1. The Morgan fingerprint density at radius 1 is 1.16 bits per heavy atom. The summed E-state index contributed by atoms with van der Waals surface area (Å²) in [5.41, 5.74) is -0.0196. The first-order chi connectivity index (χ1) is 15.3. The van der Waals surface area contributed by atoms with Crippen molar-refractivity contribution in [3.63, 3.8) is 0 Å². The number of ketones is 1. The van der Waals surface area contributed by atoms with Crippen LogP contribution in [-0.4, -0.2) is 44.3 Å². The van der Waals surface area contributed by atoms with Crippen molar-refractivity contribution < 1.29 is 22.9 Å². The Balaban J connectivity index is 1.96. The van der Waals surface area contributed by atoms with Crippen molar-refractivity contribution in [2.24, 2.45) is 12.0 Å². The fraction of sp³-hybridized carbons (Fsp3) is 0.238. The lowest BCUT2D eigenvalue weighted by molar-refractivity contribution is -0.483. The molecule has 32 heavy (non-hydrogen) atoms. The smallest absolute Gasteiger partial charge is 0.211 e. The minimum atomic E-state index is -1.02. The van der Waals surface area contributed by atoms with Gasteiger partial charge in [-0.25, -0.2) is 18.2 Å². The van der Waals surface area contributed by atoms with Gasteiger partial charge in [0, 0.05) is 29.2 Å². The molecule has 0 bridgehead atoms. The SMILES string of the molecule is Cn1ncnc1C(C1=NCC(=O)c2cc(F)cc(F)c21)C(C[N+](=O)[O-])c1ccc(F)cc1. The Labute approximate surface area is 179 Å². The van der Waals surface area contributed by atoms with E-state index in [4.69, 9.17) is 0 Å². The van der Waals surface area contributed by atoms with Crippen LogP contribution in [0.1, 0.15) is 39.1 Å². The van der Waals surface area contributed by atoms with Crippen molar-refractivity contribution in [2.45, 2.75) is 11.8 Å². The quantitative estimate of drug-likeness (QED) is 0.430. The van der Waals surface area contributed by atoms with Crippen molar-refractivity contribution in [3.05, 3.63) is 92.8 Å². The number of halogens is 3. The molecule has 0 N–H and O–H groups in total. The number of aryl methyl sites for hydroxylation is 1. The van der Waals surface area contributed by atoms with Gasteiger partial charge in [0.05, 0.1) is 17.5 Å². The van der Waals surface area contributed by atoms with Crippen LogP contribution < -0.4 is 0 Å². The normalized spacial score (nSPS) is 15.1. The fourth-order valence-corrected chi connectivity index (χ4v) is 3.98. The number of hydrogen-bond donors (Lipinski definition) is 0. The van der Waals surface area contributed by atoms with Crippen LogP contribution in [-0.2, 0) is 7.05 Å². The maximum Gasteiger partial charge on any atom is 0.211 e. The summed E-state index contributed by atoms with van der Waals surface area (Å²) in [7, 11) is 1.56. The largest absolute Gasteiger partial charge is 0.292 e. The van der Waals surface area contributed by atoms with Crippen molar-refractivity contribution in [1.29, 1.82) is 0 Å². The number of benzene rings is 2. The molecule has 0 aliphatic carbocycles. The summed E-state index contributed by atoms with van der Waals surface area (Å²) in [6, 6.07) is 6.65. The maximum atomic E-state index is 14.9. The summed E-state index contributed by atoms with van der Waals surface area (Å²) in [6.45, 7) is -0.998. The second kappa shape index (κ2) is 8.33. The molecule has 2 unspecified atom stereocenters. The molecule has 4 rings (SSSR count). The number of fused-ring (bicyclic) bond motifs is 1. The molecule has 3 aromatic rings. The van der Waals surface area contributed by atoms with E-state index in [-0.39, 0.29) is 29.2 Å². The lowest BCUT2D eigenvalue weighted by Crippen LogP contribution is -2.33. The predicted molar refractivity (Wildman–Crippen MR) is 107 cm³/mol. The van der Waals surface area contributed by atoms with Gasteiger partial charge in [0.2, 0.25) is 6.54 Å². The molecule has 0 amide bonds. The Kier molecular flexibility index (Phi) is 5.56. The third-order valence-corrected chi connectivity index (χ3v) is 5.37. The van der Waals surface area contributed by atoms with Crippen LogP contribution in [0.2, 0.25) is 0 Å². The monoisotopic (exact) mass is 443 g/mol. The molecule has 8 nitrogen and oxygen atoms in total.